The lowest BCUT2D eigenvalue weighted by Crippen LogP contribution is -2.16. The number of hydrogen-bond acceptors (Lipinski definition) is 5. The van der Waals surface area contributed by atoms with Crippen molar-refractivity contribution in [2.24, 2.45) is 0 Å². The van der Waals surface area contributed by atoms with Gasteiger partial charge in [-0.1, -0.05) is 6.07 Å². The molecule has 28 heavy (non-hydrogen) atoms. The number of pyridine rings is 2. The molecule has 3 atom stereocenters. The molecule has 0 saturated heterocycles. The summed E-state index contributed by atoms with van der Waals surface area (Å²) in [5.74, 6) is 2.54. The summed E-state index contributed by atoms with van der Waals surface area (Å²) in [6.45, 7) is 4.25. The Kier molecular flexibility index (Phi) is 4.16. The number of fused-ring (bicyclic) bond motifs is 5. The predicted octanol–water partition coefficient (Wildman–Crippen LogP) is 3.93. The van der Waals surface area contributed by atoms with E-state index in [0.29, 0.717) is 18.5 Å². The van der Waals surface area contributed by atoms with E-state index in [1.165, 1.54) is 25.1 Å². The minimum atomic E-state index is -0.424. The smallest absolute Gasteiger partial charge is 0.126 e. The lowest BCUT2D eigenvalue weighted by Gasteiger charge is -2.18. The maximum absolute atomic E-state index is 9.57. The van der Waals surface area contributed by atoms with E-state index in [4.69, 9.17) is 9.97 Å². The van der Waals surface area contributed by atoms with E-state index in [9.17, 15) is 5.11 Å². The Hall–Kier alpha value is -2.73. The van der Waals surface area contributed by atoms with Crippen molar-refractivity contribution in [3.8, 4) is 22.6 Å². The van der Waals surface area contributed by atoms with Crippen LogP contribution >= 0.6 is 0 Å². The number of imidazole rings is 1. The second kappa shape index (κ2) is 6.71. The van der Waals surface area contributed by atoms with Gasteiger partial charge >= 0.3 is 0 Å². The Labute approximate surface area is 164 Å². The number of anilines is 1. The van der Waals surface area contributed by atoms with Crippen LogP contribution in [-0.2, 0) is 0 Å². The van der Waals surface area contributed by atoms with Gasteiger partial charge < -0.3 is 15.0 Å². The number of rotatable bonds is 5. The molecule has 1 fully saturated rings. The van der Waals surface area contributed by atoms with Gasteiger partial charge in [-0.3, -0.25) is 4.98 Å². The van der Waals surface area contributed by atoms with Gasteiger partial charge in [0.1, 0.15) is 17.3 Å². The molecule has 2 bridgehead atoms. The first-order valence-electron chi connectivity index (χ1n) is 10.0. The van der Waals surface area contributed by atoms with Crippen molar-refractivity contribution in [1.82, 2.24) is 19.5 Å². The van der Waals surface area contributed by atoms with Crippen molar-refractivity contribution in [3.05, 3.63) is 48.0 Å². The number of aryl methyl sites for hydroxylation is 1. The molecule has 1 saturated carbocycles. The molecule has 144 valence electrons. The van der Waals surface area contributed by atoms with Crippen molar-refractivity contribution >= 4 is 5.82 Å². The molecule has 4 heterocycles. The van der Waals surface area contributed by atoms with Crippen molar-refractivity contribution in [1.29, 1.82) is 0 Å². The van der Waals surface area contributed by atoms with Crippen LogP contribution in [0.2, 0.25) is 0 Å². The van der Waals surface area contributed by atoms with E-state index in [0.717, 1.165) is 34.2 Å². The zero-order valence-corrected chi connectivity index (χ0v) is 16.3. The molecule has 0 aromatic carbocycles. The summed E-state index contributed by atoms with van der Waals surface area (Å²) in [4.78, 5) is 14.3. The van der Waals surface area contributed by atoms with Crippen LogP contribution in [0.25, 0.3) is 22.6 Å². The number of nitrogens with zero attached hydrogens (tertiary/aromatic N) is 4. The number of aromatic nitrogens is 4. The second-order valence-electron chi connectivity index (χ2n) is 8.02. The first-order chi connectivity index (χ1) is 13.6. The van der Waals surface area contributed by atoms with Crippen LogP contribution in [0.15, 0.2) is 36.5 Å². The molecule has 0 spiro atoms. The molecule has 2 aliphatic rings. The molecule has 0 amide bonds. The van der Waals surface area contributed by atoms with Gasteiger partial charge in [-0.2, -0.15) is 0 Å². The predicted molar refractivity (Wildman–Crippen MR) is 109 cm³/mol. The molecule has 5 rings (SSSR count). The van der Waals surface area contributed by atoms with Gasteiger partial charge in [0.05, 0.1) is 17.5 Å². The minimum absolute atomic E-state index is 0.424. The van der Waals surface area contributed by atoms with E-state index in [1.54, 1.807) is 6.92 Å². The van der Waals surface area contributed by atoms with E-state index < -0.39 is 6.10 Å². The summed E-state index contributed by atoms with van der Waals surface area (Å²) in [6.07, 6.45) is 5.06. The van der Waals surface area contributed by atoms with Gasteiger partial charge in [-0.15, -0.1) is 0 Å². The zero-order valence-electron chi connectivity index (χ0n) is 16.3. The van der Waals surface area contributed by atoms with Crippen LogP contribution in [0, 0.1) is 6.92 Å². The van der Waals surface area contributed by atoms with Gasteiger partial charge in [-0.05, 0) is 57.4 Å². The molecular formula is C22H25N5O. The summed E-state index contributed by atoms with van der Waals surface area (Å²) in [6, 6.07) is 10.7. The van der Waals surface area contributed by atoms with E-state index in [1.807, 2.05) is 37.4 Å². The van der Waals surface area contributed by atoms with Crippen molar-refractivity contribution in [2.75, 3.05) is 11.9 Å². The Bertz CT molecular complexity index is 1030. The van der Waals surface area contributed by atoms with Crippen LogP contribution < -0.4 is 5.32 Å². The maximum atomic E-state index is 9.57. The molecule has 2 N–H and O–H groups in total. The first kappa shape index (κ1) is 17.4. The lowest BCUT2D eigenvalue weighted by molar-refractivity contribution is 0.208. The SMILES string of the molecule is Cc1cccc(-c2nc3n(c2-c2ccnc(NCC(C)O)c2)[C@H]2CC[C@@H]3C2)n1. The highest BCUT2D eigenvalue weighted by atomic mass is 16.3. The fourth-order valence-corrected chi connectivity index (χ4v) is 4.59. The number of aliphatic hydroxyl groups is 1. The lowest BCUT2D eigenvalue weighted by atomic mass is 10.1. The molecule has 0 radical (unpaired) electrons. The Morgan fingerprint density at radius 2 is 2.14 bits per heavy atom. The summed E-state index contributed by atoms with van der Waals surface area (Å²) in [5, 5.41) is 12.8. The summed E-state index contributed by atoms with van der Waals surface area (Å²) >= 11 is 0. The average molecular weight is 375 g/mol. The van der Waals surface area contributed by atoms with Crippen molar-refractivity contribution in [3.63, 3.8) is 0 Å². The van der Waals surface area contributed by atoms with Crippen LogP contribution in [0.3, 0.4) is 0 Å². The van der Waals surface area contributed by atoms with E-state index in [-0.39, 0.29) is 0 Å². The van der Waals surface area contributed by atoms with Crippen molar-refractivity contribution < 1.29 is 5.11 Å². The van der Waals surface area contributed by atoms with E-state index >= 15 is 0 Å². The van der Waals surface area contributed by atoms with Crippen LogP contribution in [0.4, 0.5) is 5.82 Å². The topological polar surface area (TPSA) is 75.9 Å². The number of hydrogen-bond donors (Lipinski definition) is 2. The maximum Gasteiger partial charge on any atom is 0.126 e. The molecule has 1 aliphatic carbocycles. The number of aliphatic hydroxyl groups excluding tert-OH is 1. The monoisotopic (exact) mass is 375 g/mol. The Balaban J connectivity index is 1.65. The fraction of sp³-hybridized carbons (Fsp3) is 0.409. The second-order valence-corrected chi connectivity index (χ2v) is 8.02. The Morgan fingerprint density at radius 1 is 1.25 bits per heavy atom. The summed E-state index contributed by atoms with van der Waals surface area (Å²) in [5.41, 5.74) is 5.11. The van der Waals surface area contributed by atoms with E-state index in [2.05, 4.69) is 20.9 Å². The Morgan fingerprint density at radius 3 is 2.96 bits per heavy atom. The van der Waals surface area contributed by atoms with Gasteiger partial charge in [0.2, 0.25) is 0 Å². The molecule has 3 aromatic rings. The largest absolute Gasteiger partial charge is 0.392 e. The van der Waals surface area contributed by atoms with Crippen molar-refractivity contribution in [2.45, 2.75) is 51.2 Å². The third-order valence-electron chi connectivity index (χ3n) is 5.82. The molecule has 6 heteroatoms. The fourth-order valence-electron chi connectivity index (χ4n) is 4.59. The molecule has 1 unspecified atom stereocenters. The highest BCUT2D eigenvalue weighted by Crippen LogP contribution is 2.52. The molecule has 1 aliphatic heterocycles. The van der Waals surface area contributed by atoms with Crippen LogP contribution in [0.5, 0.6) is 0 Å². The third-order valence-corrected chi connectivity index (χ3v) is 5.82. The zero-order chi connectivity index (χ0) is 19.3. The summed E-state index contributed by atoms with van der Waals surface area (Å²) < 4.78 is 2.45. The highest BCUT2D eigenvalue weighted by Gasteiger charge is 2.41. The molecule has 3 aromatic heterocycles. The van der Waals surface area contributed by atoms with Gasteiger partial charge in [-0.25, -0.2) is 9.97 Å². The summed E-state index contributed by atoms with van der Waals surface area (Å²) in [7, 11) is 0. The van der Waals surface area contributed by atoms with Gasteiger partial charge in [0.25, 0.3) is 0 Å². The standard InChI is InChI=1S/C22H25N5O/c1-13-4-3-5-18(25-13)20-21(27-17-7-6-16(10-17)22(27)26-20)15-8-9-23-19(11-15)24-12-14(2)28/h3-5,8-9,11,14,16-17,28H,6-7,10,12H2,1-2H3,(H,23,24)/t14?,16-,17+/m1/s1. The normalized spacial score (nSPS) is 21.0. The first-order valence-corrected chi connectivity index (χ1v) is 10.0. The quantitative estimate of drug-likeness (QED) is 0.707. The highest BCUT2D eigenvalue weighted by molar-refractivity contribution is 5.79. The van der Waals surface area contributed by atoms with Gasteiger partial charge in [0.15, 0.2) is 0 Å². The molecule has 6 nitrogen and oxygen atoms in total. The van der Waals surface area contributed by atoms with Gasteiger partial charge in [0, 0.05) is 36.0 Å². The molecular weight excluding hydrogens is 350 g/mol. The van der Waals surface area contributed by atoms with Crippen LogP contribution in [-0.4, -0.2) is 37.3 Å². The average Bonchev–Trinajstić information content (AvgIpc) is 3.38. The third kappa shape index (κ3) is 2.88. The minimum Gasteiger partial charge on any atom is -0.392 e. The number of nitrogens with one attached hydrogen (secondary N) is 1. The van der Waals surface area contributed by atoms with Crippen LogP contribution in [0.1, 0.15) is 49.7 Å².